The first kappa shape index (κ1) is 13.9. The van der Waals surface area contributed by atoms with Crippen LogP contribution in [-0.2, 0) is 0 Å². The Morgan fingerprint density at radius 3 is 2.95 bits per heavy atom. The van der Waals surface area contributed by atoms with Crippen LogP contribution in [0.15, 0.2) is 42.6 Å². The first-order valence-corrected chi connectivity index (χ1v) is 6.61. The van der Waals surface area contributed by atoms with E-state index in [0.717, 1.165) is 17.9 Å². The molecule has 20 heavy (non-hydrogen) atoms. The van der Waals surface area contributed by atoms with Gasteiger partial charge in [0.2, 0.25) is 0 Å². The van der Waals surface area contributed by atoms with E-state index in [-0.39, 0.29) is 6.10 Å². The minimum absolute atomic E-state index is 0.179. The third-order valence-electron chi connectivity index (χ3n) is 2.94. The molecule has 2 rings (SSSR count). The summed E-state index contributed by atoms with van der Waals surface area (Å²) in [4.78, 5) is 4.02. The molecule has 0 bridgehead atoms. The van der Waals surface area contributed by atoms with Crippen LogP contribution in [0.2, 0.25) is 0 Å². The van der Waals surface area contributed by atoms with Gasteiger partial charge in [0.1, 0.15) is 11.8 Å². The number of benzene rings is 1. The quantitative estimate of drug-likeness (QED) is 0.893. The van der Waals surface area contributed by atoms with Gasteiger partial charge in [0, 0.05) is 18.0 Å². The summed E-state index contributed by atoms with van der Waals surface area (Å²) in [5, 5.41) is 12.2. The Morgan fingerprint density at radius 1 is 1.35 bits per heavy atom. The van der Waals surface area contributed by atoms with Gasteiger partial charge in [-0.3, -0.25) is 0 Å². The molecule has 4 heteroatoms. The first-order chi connectivity index (χ1) is 9.72. The Hall–Kier alpha value is -2.54. The number of rotatable bonds is 5. The van der Waals surface area contributed by atoms with E-state index in [1.54, 1.807) is 12.3 Å². The topological polar surface area (TPSA) is 57.9 Å². The van der Waals surface area contributed by atoms with Crippen molar-refractivity contribution in [3.8, 4) is 11.8 Å². The van der Waals surface area contributed by atoms with Crippen molar-refractivity contribution in [1.29, 1.82) is 5.26 Å². The Bertz CT molecular complexity index is 619. The van der Waals surface area contributed by atoms with E-state index < -0.39 is 0 Å². The lowest BCUT2D eigenvalue weighted by Gasteiger charge is -2.14. The third kappa shape index (κ3) is 3.48. The molecular weight excluding hydrogens is 250 g/mol. The second-order valence-electron chi connectivity index (χ2n) is 4.50. The molecular formula is C16H17N3O. The van der Waals surface area contributed by atoms with E-state index in [0.29, 0.717) is 11.4 Å². The lowest BCUT2D eigenvalue weighted by Crippen LogP contribution is -2.09. The highest BCUT2D eigenvalue weighted by atomic mass is 16.5. The molecule has 1 aromatic carbocycles. The molecule has 2 aromatic rings. The van der Waals surface area contributed by atoms with Crippen molar-refractivity contribution in [3.63, 3.8) is 0 Å². The molecule has 1 heterocycles. The Balaban J connectivity index is 2.18. The van der Waals surface area contributed by atoms with Gasteiger partial charge in [-0.1, -0.05) is 13.0 Å². The highest BCUT2D eigenvalue weighted by molar-refractivity contribution is 5.65. The fourth-order valence-electron chi connectivity index (χ4n) is 1.71. The Morgan fingerprint density at radius 2 is 2.20 bits per heavy atom. The van der Waals surface area contributed by atoms with E-state index in [1.807, 2.05) is 37.3 Å². The minimum atomic E-state index is 0.179. The highest BCUT2D eigenvalue weighted by Crippen LogP contribution is 2.23. The Kier molecular flexibility index (Phi) is 4.56. The van der Waals surface area contributed by atoms with E-state index in [1.165, 1.54) is 0 Å². The molecule has 0 aliphatic heterocycles. The number of ether oxygens (including phenoxy) is 1. The van der Waals surface area contributed by atoms with Crippen LogP contribution in [0.4, 0.5) is 11.4 Å². The van der Waals surface area contributed by atoms with Crippen LogP contribution in [0.3, 0.4) is 0 Å². The zero-order valence-corrected chi connectivity index (χ0v) is 11.6. The molecule has 1 aromatic heterocycles. The molecule has 0 aliphatic carbocycles. The van der Waals surface area contributed by atoms with Crippen molar-refractivity contribution >= 4 is 11.4 Å². The van der Waals surface area contributed by atoms with Crippen LogP contribution < -0.4 is 10.1 Å². The van der Waals surface area contributed by atoms with Gasteiger partial charge >= 0.3 is 0 Å². The largest absolute Gasteiger partial charge is 0.491 e. The van der Waals surface area contributed by atoms with Crippen LogP contribution >= 0.6 is 0 Å². The van der Waals surface area contributed by atoms with Crippen LogP contribution in [0, 0.1) is 11.3 Å². The summed E-state index contributed by atoms with van der Waals surface area (Å²) in [5.41, 5.74) is 1.94. The SMILES string of the molecule is CCC(C)Oc1cccc(Nc2cccnc2C#N)c1. The van der Waals surface area contributed by atoms with Gasteiger partial charge in [-0.2, -0.15) is 5.26 Å². The molecule has 4 nitrogen and oxygen atoms in total. The number of hydrogen-bond donors (Lipinski definition) is 1. The number of anilines is 2. The van der Waals surface area contributed by atoms with Gasteiger partial charge in [0.25, 0.3) is 0 Å². The fourth-order valence-corrected chi connectivity index (χ4v) is 1.71. The van der Waals surface area contributed by atoms with Gasteiger partial charge in [0.15, 0.2) is 5.69 Å². The molecule has 0 fully saturated rings. The second-order valence-corrected chi connectivity index (χ2v) is 4.50. The maximum Gasteiger partial charge on any atom is 0.163 e. The molecule has 0 spiro atoms. The van der Waals surface area contributed by atoms with E-state index in [2.05, 4.69) is 23.3 Å². The monoisotopic (exact) mass is 267 g/mol. The van der Waals surface area contributed by atoms with Crippen molar-refractivity contribution in [2.45, 2.75) is 26.4 Å². The number of aromatic nitrogens is 1. The van der Waals surface area contributed by atoms with Gasteiger partial charge in [-0.15, -0.1) is 0 Å². The van der Waals surface area contributed by atoms with Crippen LogP contribution in [0.25, 0.3) is 0 Å². The molecule has 0 aliphatic rings. The Labute approximate surface area is 119 Å². The molecule has 0 saturated heterocycles. The highest BCUT2D eigenvalue weighted by Gasteiger charge is 2.05. The van der Waals surface area contributed by atoms with Gasteiger partial charge in [-0.25, -0.2) is 4.98 Å². The predicted octanol–water partition coefficient (Wildman–Crippen LogP) is 3.87. The summed E-state index contributed by atoms with van der Waals surface area (Å²) in [6.45, 7) is 4.12. The molecule has 1 atom stereocenters. The summed E-state index contributed by atoms with van der Waals surface area (Å²) in [6, 6.07) is 13.4. The molecule has 1 unspecified atom stereocenters. The number of nitriles is 1. The predicted molar refractivity (Wildman–Crippen MR) is 79.1 cm³/mol. The number of nitrogens with zero attached hydrogens (tertiary/aromatic N) is 2. The molecule has 0 amide bonds. The molecule has 1 N–H and O–H groups in total. The van der Waals surface area contributed by atoms with E-state index in [4.69, 9.17) is 10.00 Å². The van der Waals surface area contributed by atoms with Crippen LogP contribution in [-0.4, -0.2) is 11.1 Å². The standard InChI is InChI=1S/C16H17N3O/c1-3-12(2)20-14-7-4-6-13(10-14)19-15-8-5-9-18-16(15)11-17/h4-10,12,19H,3H2,1-2H3. The lowest BCUT2D eigenvalue weighted by molar-refractivity contribution is 0.217. The molecule has 0 radical (unpaired) electrons. The summed E-state index contributed by atoms with van der Waals surface area (Å²) < 4.78 is 5.78. The summed E-state index contributed by atoms with van der Waals surface area (Å²) in [7, 11) is 0. The normalized spacial score (nSPS) is 11.4. The molecule has 0 saturated carbocycles. The lowest BCUT2D eigenvalue weighted by atomic mass is 10.2. The van der Waals surface area contributed by atoms with Gasteiger partial charge in [0.05, 0.1) is 11.8 Å². The smallest absolute Gasteiger partial charge is 0.163 e. The van der Waals surface area contributed by atoms with E-state index in [9.17, 15) is 0 Å². The van der Waals surface area contributed by atoms with Crippen molar-refractivity contribution in [2.24, 2.45) is 0 Å². The van der Waals surface area contributed by atoms with Gasteiger partial charge < -0.3 is 10.1 Å². The van der Waals surface area contributed by atoms with Gasteiger partial charge in [-0.05, 0) is 37.6 Å². The zero-order valence-electron chi connectivity index (χ0n) is 11.6. The van der Waals surface area contributed by atoms with Crippen molar-refractivity contribution in [3.05, 3.63) is 48.3 Å². The summed E-state index contributed by atoms with van der Waals surface area (Å²) in [6.07, 6.45) is 2.74. The van der Waals surface area contributed by atoms with Crippen molar-refractivity contribution < 1.29 is 4.74 Å². The fraction of sp³-hybridized carbons (Fsp3) is 0.250. The number of nitrogens with one attached hydrogen (secondary N) is 1. The zero-order chi connectivity index (χ0) is 14.4. The average Bonchev–Trinajstić information content (AvgIpc) is 2.48. The first-order valence-electron chi connectivity index (χ1n) is 6.61. The van der Waals surface area contributed by atoms with E-state index >= 15 is 0 Å². The summed E-state index contributed by atoms with van der Waals surface area (Å²) in [5.74, 6) is 0.812. The maximum absolute atomic E-state index is 9.02. The second kappa shape index (κ2) is 6.58. The number of pyridine rings is 1. The average molecular weight is 267 g/mol. The van der Waals surface area contributed by atoms with Crippen LogP contribution in [0.5, 0.6) is 5.75 Å². The molecule has 102 valence electrons. The third-order valence-corrected chi connectivity index (χ3v) is 2.94. The number of hydrogen-bond acceptors (Lipinski definition) is 4. The van der Waals surface area contributed by atoms with Crippen molar-refractivity contribution in [2.75, 3.05) is 5.32 Å². The maximum atomic E-state index is 9.02. The minimum Gasteiger partial charge on any atom is -0.491 e. The summed E-state index contributed by atoms with van der Waals surface area (Å²) >= 11 is 0. The van der Waals surface area contributed by atoms with Crippen molar-refractivity contribution in [1.82, 2.24) is 4.98 Å². The van der Waals surface area contributed by atoms with Crippen LogP contribution in [0.1, 0.15) is 26.0 Å².